The molecule has 0 amide bonds. The monoisotopic (exact) mass is 288 g/mol. The predicted molar refractivity (Wildman–Crippen MR) is 69.7 cm³/mol. The molecule has 1 fully saturated rings. The fourth-order valence-corrected chi connectivity index (χ4v) is 3.71. The number of hydrogen-bond acceptors (Lipinski definition) is 4. The summed E-state index contributed by atoms with van der Waals surface area (Å²) in [5.41, 5.74) is 5.58. The van der Waals surface area contributed by atoms with Crippen molar-refractivity contribution in [2.75, 3.05) is 12.3 Å². The lowest BCUT2D eigenvalue weighted by Gasteiger charge is -2.17. The van der Waals surface area contributed by atoms with Crippen molar-refractivity contribution in [3.05, 3.63) is 23.5 Å². The second kappa shape index (κ2) is 5.07. The molecule has 1 aromatic carbocycles. The van der Waals surface area contributed by atoms with E-state index < -0.39 is 15.8 Å². The van der Waals surface area contributed by atoms with Crippen molar-refractivity contribution in [3.8, 4) is 0 Å². The predicted octanol–water partition coefficient (Wildman–Crippen LogP) is 1.17. The third kappa shape index (κ3) is 2.88. The molecule has 0 aliphatic carbocycles. The van der Waals surface area contributed by atoms with Gasteiger partial charge in [-0.15, -0.1) is 0 Å². The van der Waals surface area contributed by atoms with Gasteiger partial charge in [0.2, 0.25) is 10.0 Å². The largest absolute Gasteiger partial charge is 0.396 e. The maximum atomic E-state index is 13.3. The van der Waals surface area contributed by atoms with E-state index in [1.54, 1.807) is 0 Å². The first-order valence-electron chi connectivity index (χ1n) is 6.01. The van der Waals surface area contributed by atoms with E-state index >= 15 is 0 Å². The molecule has 1 heterocycles. The van der Waals surface area contributed by atoms with Crippen molar-refractivity contribution in [2.45, 2.75) is 37.3 Å². The Kier molecular flexibility index (Phi) is 3.80. The van der Waals surface area contributed by atoms with Crippen molar-refractivity contribution in [1.82, 2.24) is 4.72 Å². The van der Waals surface area contributed by atoms with E-state index in [9.17, 15) is 12.8 Å². The van der Waals surface area contributed by atoms with Crippen molar-refractivity contribution in [2.24, 2.45) is 0 Å². The van der Waals surface area contributed by atoms with Gasteiger partial charge in [-0.1, -0.05) is 0 Å². The van der Waals surface area contributed by atoms with E-state index in [2.05, 4.69) is 4.72 Å². The number of nitrogens with one attached hydrogen (secondary N) is 1. The maximum Gasteiger partial charge on any atom is 0.241 e. The number of rotatable bonds is 3. The van der Waals surface area contributed by atoms with Crippen LogP contribution in [0.5, 0.6) is 0 Å². The Bertz CT molecular complexity index is 589. The lowest BCUT2D eigenvalue weighted by atomic mass is 10.2. The highest BCUT2D eigenvalue weighted by atomic mass is 32.2. The van der Waals surface area contributed by atoms with Crippen LogP contribution in [0.1, 0.15) is 18.9 Å². The Balaban J connectivity index is 2.32. The molecule has 0 radical (unpaired) electrons. The second-order valence-corrected chi connectivity index (χ2v) is 6.41. The standard InChI is InChI=1S/C12H17FN2O3S/c1-7-5-9(13)10(14)6-12(7)19(16,17)15-11-3-4-18-8(11)2/h5-6,8,11,15H,3-4,14H2,1-2H3. The molecule has 0 spiro atoms. The van der Waals surface area contributed by atoms with E-state index in [1.807, 2.05) is 6.92 Å². The third-order valence-corrected chi connectivity index (χ3v) is 4.90. The summed E-state index contributed by atoms with van der Waals surface area (Å²) in [5.74, 6) is -0.617. The number of aryl methyl sites for hydroxylation is 1. The van der Waals surface area contributed by atoms with E-state index in [4.69, 9.17) is 10.5 Å². The normalized spacial score (nSPS) is 23.7. The summed E-state index contributed by atoms with van der Waals surface area (Å²) in [5, 5.41) is 0. The quantitative estimate of drug-likeness (QED) is 0.818. The summed E-state index contributed by atoms with van der Waals surface area (Å²) in [6, 6.07) is 2.00. The molecule has 1 aliphatic heterocycles. The van der Waals surface area contributed by atoms with Crippen LogP contribution in [0.25, 0.3) is 0 Å². The fourth-order valence-electron chi connectivity index (χ4n) is 2.11. The lowest BCUT2D eigenvalue weighted by molar-refractivity contribution is 0.117. The van der Waals surface area contributed by atoms with Crippen LogP contribution >= 0.6 is 0 Å². The lowest BCUT2D eigenvalue weighted by Crippen LogP contribution is -2.39. The van der Waals surface area contributed by atoms with Gasteiger partial charge in [-0.3, -0.25) is 0 Å². The molecule has 0 saturated carbocycles. The second-order valence-electron chi connectivity index (χ2n) is 4.73. The number of hydrogen-bond donors (Lipinski definition) is 2. The molecule has 1 aliphatic rings. The van der Waals surface area contributed by atoms with Gasteiger partial charge in [0.1, 0.15) is 5.82 Å². The number of nitrogen functional groups attached to an aromatic ring is 1. The Morgan fingerprint density at radius 3 is 2.74 bits per heavy atom. The highest BCUT2D eigenvalue weighted by Gasteiger charge is 2.30. The molecule has 1 saturated heterocycles. The van der Waals surface area contributed by atoms with E-state index in [0.29, 0.717) is 18.6 Å². The number of anilines is 1. The van der Waals surface area contributed by atoms with Gasteiger partial charge in [-0.25, -0.2) is 17.5 Å². The van der Waals surface area contributed by atoms with Crippen LogP contribution in [0.2, 0.25) is 0 Å². The summed E-state index contributed by atoms with van der Waals surface area (Å²) >= 11 is 0. The zero-order valence-electron chi connectivity index (χ0n) is 10.8. The van der Waals surface area contributed by atoms with E-state index in [1.165, 1.54) is 6.92 Å². The third-order valence-electron chi connectivity index (χ3n) is 3.27. The van der Waals surface area contributed by atoms with Gasteiger partial charge < -0.3 is 10.5 Å². The van der Waals surface area contributed by atoms with Crippen LogP contribution in [0.15, 0.2) is 17.0 Å². The van der Waals surface area contributed by atoms with Gasteiger partial charge in [-0.05, 0) is 38.0 Å². The van der Waals surface area contributed by atoms with Gasteiger partial charge in [0, 0.05) is 6.61 Å². The minimum atomic E-state index is -3.72. The average molecular weight is 288 g/mol. The SMILES string of the molecule is Cc1cc(F)c(N)cc1S(=O)(=O)NC1CCOC1C. The Morgan fingerprint density at radius 1 is 1.47 bits per heavy atom. The van der Waals surface area contributed by atoms with Crippen molar-refractivity contribution in [1.29, 1.82) is 0 Å². The highest BCUT2D eigenvalue weighted by Crippen LogP contribution is 2.23. The number of halogens is 1. The van der Waals surface area contributed by atoms with Crippen molar-refractivity contribution >= 4 is 15.7 Å². The number of benzene rings is 1. The molecule has 106 valence electrons. The Morgan fingerprint density at radius 2 is 2.16 bits per heavy atom. The van der Waals surface area contributed by atoms with Crippen LogP contribution < -0.4 is 10.5 Å². The van der Waals surface area contributed by atoms with Crippen LogP contribution in [0.3, 0.4) is 0 Å². The Labute approximate surface area is 112 Å². The molecule has 5 nitrogen and oxygen atoms in total. The first kappa shape index (κ1) is 14.2. The van der Waals surface area contributed by atoms with Gasteiger partial charge in [0.25, 0.3) is 0 Å². The highest BCUT2D eigenvalue weighted by molar-refractivity contribution is 7.89. The molecular formula is C12H17FN2O3S. The number of sulfonamides is 1. The minimum Gasteiger partial charge on any atom is -0.396 e. The topological polar surface area (TPSA) is 81.4 Å². The van der Waals surface area contributed by atoms with Crippen LogP contribution in [-0.2, 0) is 14.8 Å². The average Bonchev–Trinajstić information content (AvgIpc) is 2.69. The fraction of sp³-hybridized carbons (Fsp3) is 0.500. The maximum absolute atomic E-state index is 13.3. The molecule has 7 heteroatoms. The summed E-state index contributed by atoms with van der Waals surface area (Å²) in [6.45, 7) is 3.87. The molecule has 2 rings (SSSR count). The van der Waals surface area contributed by atoms with Crippen LogP contribution in [-0.4, -0.2) is 27.2 Å². The summed E-state index contributed by atoms with van der Waals surface area (Å²) in [6.07, 6.45) is 0.448. The molecule has 3 N–H and O–H groups in total. The van der Waals surface area contributed by atoms with Gasteiger partial charge in [0.15, 0.2) is 0 Å². The van der Waals surface area contributed by atoms with Gasteiger partial charge in [-0.2, -0.15) is 0 Å². The summed E-state index contributed by atoms with van der Waals surface area (Å²) in [7, 11) is -3.72. The Hall–Kier alpha value is -1.18. The minimum absolute atomic E-state index is 0.00509. The summed E-state index contributed by atoms with van der Waals surface area (Å²) in [4.78, 5) is 0.00509. The smallest absolute Gasteiger partial charge is 0.241 e. The van der Waals surface area contributed by atoms with Crippen LogP contribution in [0, 0.1) is 12.7 Å². The zero-order chi connectivity index (χ0) is 14.2. The van der Waals surface area contributed by atoms with Crippen molar-refractivity contribution < 1.29 is 17.5 Å². The van der Waals surface area contributed by atoms with Crippen LogP contribution in [0.4, 0.5) is 10.1 Å². The van der Waals surface area contributed by atoms with Gasteiger partial charge in [0.05, 0.1) is 22.7 Å². The van der Waals surface area contributed by atoms with Gasteiger partial charge >= 0.3 is 0 Å². The zero-order valence-corrected chi connectivity index (χ0v) is 11.6. The first-order valence-corrected chi connectivity index (χ1v) is 7.49. The summed E-state index contributed by atoms with van der Waals surface area (Å²) < 4.78 is 45.7. The molecule has 2 unspecified atom stereocenters. The molecular weight excluding hydrogens is 271 g/mol. The number of nitrogens with two attached hydrogens (primary N) is 1. The molecule has 2 atom stereocenters. The molecule has 1 aromatic rings. The number of ether oxygens (including phenoxy) is 1. The molecule has 0 bridgehead atoms. The van der Waals surface area contributed by atoms with E-state index in [-0.39, 0.29) is 22.7 Å². The first-order chi connectivity index (χ1) is 8.81. The molecule has 0 aromatic heterocycles. The van der Waals surface area contributed by atoms with Crippen molar-refractivity contribution in [3.63, 3.8) is 0 Å². The van der Waals surface area contributed by atoms with E-state index in [0.717, 1.165) is 12.1 Å². The molecule has 19 heavy (non-hydrogen) atoms.